The number of ether oxygens (including phenoxy) is 2. The average Bonchev–Trinajstić information content (AvgIpc) is 2.98. The summed E-state index contributed by atoms with van der Waals surface area (Å²) in [6, 6.07) is 7.55. The first-order valence-electron chi connectivity index (χ1n) is 7.19. The number of anilines is 1. The molecular formula is C17H19NO4. The molecule has 2 unspecified atom stereocenters. The third-order valence-electron chi connectivity index (χ3n) is 5.00. The van der Waals surface area contributed by atoms with E-state index in [1.807, 2.05) is 44.2 Å². The minimum absolute atomic E-state index is 0.210. The average molecular weight is 301 g/mol. The summed E-state index contributed by atoms with van der Waals surface area (Å²) in [7, 11) is 1.32. The van der Waals surface area contributed by atoms with Crippen molar-refractivity contribution in [2.45, 2.75) is 31.9 Å². The minimum atomic E-state index is -0.710. The Labute approximate surface area is 129 Å². The molecule has 0 aromatic heterocycles. The molecule has 0 radical (unpaired) electrons. The number of amides is 1. The zero-order valence-corrected chi connectivity index (χ0v) is 13.0. The molecule has 2 atom stereocenters. The number of carbonyl (C=O) groups excluding carboxylic acids is 2. The molecule has 5 heteroatoms. The lowest BCUT2D eigenvalue weighted by atomic mass is 9.61. The van der Waals surface area contributed by atoms with E-state index in [2.05, 4.69) is 6.58 Å². The van der Waals surface area contributed by atoms with E-state index in [1.54, 1.807) is 0 Å². The maximum atomic E-state index is 12.3. The normalized spacial score (nSPS) is 26.2. The SMILES string of the molecule is C=CC(C)(C)C12CC(=O)OC1N(C(=O)OC)c1ccccc12. The zero-order chi connectivity index (χ0) is 16.1. The molecule has 1 aromatic carbocycles. The first-order valence-corrected chi connectivity index (χ1v) is 7.19. The van der Waals surface area contributed by atoms with Crippen molar-refractivity contribution in [3.8, 4) is 0 Å². The zero-order valence-electron chi connectivity index (χ0n) is 13.0. The molecule has 0 bridgehead atoms. The molecule has 0 aliphatic carbocycles. The Morgan fingerprint density at radius 3 is 2.82 bits per heavy atom. The van der Waals surface area contributed by atoms with Gasteiger partial charge in [-0.1, -0.05) is 38.1 Å². The van der Waals surface area contributed by atoms with Crippen LogP contribution in [-0.2, 0) is 19.7 Å². The molecule has 2 aliphatic heterocycles. The summed E-state index contributed by atoms with van der Waals surface area (Å²) in [6.07, 6.45) is 0.785. The van der Waals surface area contributed by atoms with Crippen LogP contribution in [0, 0.1) is 5.41 Å². The lowest BCUT2D eigenvalue weighted by molar-refractivity contribution is -0.141. The lowest BCUT2D eigenvalue weighted by Crippen LogP contribution is -2.51. The molecule has 2 heterocycles. The van der Waals surface area contributed by atoms with E-state index >= 15 is 0 Å². The van der Waals surface area contributed by atoms with Crippen LogP contribution in [0.4, 0.5) is 10.5 Å². The highest BCUT2D eigenvalue weighted by molar-refractivity contribution is 5.95. The van der Waals surface area contributed by atoms with Crippen LogP contribution in [0.1, 0.15) is 25.8 Å². The number of para-hydroxylation sites is 1. The van der Waals surface area contributed by atoms with Crippen molar-refractivity contribution >= 4 is 17.7 Å². The van der Waals surface area contributed by atoms with E-state index in [-0.39, 0.29) is 12.4 Å². The largest absolute Gasteiger partial charge is 0.452 e. The van der Waals surface area contributed by atoms with Crippen molar-refractivity contribution in [3.05, 3.63) is 42.5 Å². The molecule has 1 amide bonds. The summed E-state index contributed by atoms with van der Waals surface area (Å²) < 4.78 is 10.4. The van der Waals surface area contributed by atoms with E-state index in [0.29, 0.717) is 0 Å². The van der Waals surface area contributed by atoms with Gasteiger partial charge in [0.15, 0.2) is 6.23 Å². The van der Waals surface area contributed by atoms with Crippen LogP contribution in [0.2, 0.25) is 0 Å². The van der Waals surface area contributed by atoms with Crippen LogP contribution in [0.5, 0.6) is 0 Å². The summed E-state index contributed by atoms with van der Waals surface area (Å²) in [4.78, 5) is 25.8. The quantitative estimate of drug-likeness (QED) is 0.622. The van der Waals surface area contributed by atoms with Crippen LogP contribution < -0.4 is 4.90 Å². The van der Waals surface area contributed by atoms with Gasteiger partial charge >= 0.3 is 12.1 Å². The van der Waals surface area contributed by atoms with Crippen molar-refractivity contribution in [1.82, 2.24) is 0 Å². The second kappa shape index (κ2) is 4.60. The number of benzene rings is 1. The first-order chi connectivity index (χ1) is 10.4. The Morgan fingerprint density at radius 2 is 2.18 bits per heavy atom. The van der Waals surface area contributed by atoms with Gasteiger partial charge in [0.05, 0.1) is 24.6 Å². The van der Waals surface area contributed by atoms with Gasteiger partial charge in [-0.25, -0.2) is 9.69 Å². The van der Waals surface area contributed by atoms with Gasteiger partial charge in [-0.3, -0.25) is 4.79 Å². The molecule has 0 N–H and O–H groups in total. The number of nitrogens with zero attached hydrogens (tertiary/aromatic N) is 1. The third-order valence-corrected chi connectivity index (χ3v) is 5.00. The van der Waals surface area contributed by atoms with Gasteiger partial charge < -0.3 is 9.47 Å². The van der Waals surface area contributed by atoms with E-state index < -0.39 is 23.2 Å². The summed E-state index contributed by atoms with van der Waals surface area (Å²) in [5.74, 6) is -0.316. The maximum Gasteiger partial charge on any atom is 0.417 e. The molecule has 1 saturated heterocycles. The Bertz CT molecular complexity index is 666. The standard InChI is InChI=1S/C17H19NO4/c1-5-16(2,3)17-10-13(19)22-14(17)18(15(20)21-4)12-9-7-6-8-11(12)17/h5-9,14H,1,10H2,2-4H3. The number of esters is 1. The summed E-state index contributed by atoms with van der Waals surface area (Å²) in [6.45, 7) is 7.93. The number of hydrogen-bond donors (Lipinski definition) is 0. The molecule has 3 rings (SSSR count). The van der Waals surface area contributed by atoms with Crippen LogP contribution >= 0.6 is 0 Å². The summed E-state index contributed by atoms with van der Waals surface area (Å²) >= 11 is 0. The highest BCUT2D eigenvalue weighted by Gasteiger charge is 2.66. The first kappa shape index (κ1) is 14.6. The van der Waals surface area contributed by atoms with Crippen molar-refractivity contribution in [1.29, 1.82) is 0 Å². The molecule has 1 aromatic rings. The van der Waals surface area contributed by atoms with Gasteiger partial charge in [0.2, 0.25) is 0 Å². The van der Waals surface area contributed by atoms with Crippen LogP contribution in [0.15, 0.2) is 36.9 Å². The second-order valence-corrected chi connectivity index (χ2v) is 6.27. The van der Waals surface area contributed by atoms with Crippen LogP contribution in [0.3, 0.4) is 0 Å². The predicted molar refractivity (Wildman–Crippen MR) is 81.5 cm³/mol. The van der Waals surface area contributed by atoms with Gasteiger partial charge in [0.25, 0.3) is 0 Å². The number of rotatable bonds is 2. The number of carbonyl (C=O) groups is 2. The molecule has 116 valence electrons. The van der Waals surface area contributed by atoms with E-state index in [9.17, 15) is 9.59 Å². The fraction of sp³-hybridized carbons (Fsp3) is 0.412. The number of allylic oxidation sites excluding steroid dienone is 1. The van der Waals surface area contributed by atoms with Crippen molar-refractivity contribution in [3.63, 3.8) is 0 Å². The monoisotopic (exact) mass is 301 g/mol. The Kier molecular flexibility index (Phi) is 3.06. The molecular weight excluding hydrogens is 282 g/mol. The van der Waals surface area contributed by atoms with E-state index in [1.165, 1.54) is 12.0 Å². The van der Waals surface area contributed by atoms with E-state index in [0.717, 1.165) is 11.3 Å². The maximum absolute atomic E-state index is 12.3. The van der Waals surface area contributed by atoms with Crippen LogP contribution in [-0.4, -0.2) is 25.4 Å². The molecule has 22 heavy (non-hydrogen) atoms. The lowest BCUT2D eigenvalue weighted by Gasteiger charge is -2.41. The molecule has 1 fully saturated rings. The molecule has 0 spiro atoms. The van der Waals surface area contributed by atoms with Gasteiger partial charge in [-0.15, -0.1) is 6.58 Å². The topological polar surface area (TPSA) is 55.8 Å². The fourth-order valence-corrected chi connectivity index (χ4v) is 3.64. The molecule has 0 saturated carbocycles. The third kappa shape index (κ3) is 1.59. The second-order valence-electron chi connectivity index (χ2n) is 6.27. The van der Waals surface area contributed by atoms with Crippen LogP contribution in [0.25, 0.3) is 0 Å². The summed E-state index contributed by atoms with van der Waals surface area (Å²) in [5.41, 5.74) is 0.544. The number of hydrogen-bond acceptors (Lipinski definition) is 4. The van der Waals surface area contributed by atoms with Gasteiger partial charge in [0.1, 0.15) is 0 Å². The van der Waals surface area contributed by atoms with E-state index in [4.69, 9.17) is 9.47 Å². The molecule has 2 aliphatic rings. The Balaban J connectivity index is 2.29. The number of methoxy groups -OCH3 is 1. The highest BCUT2D eigenvalue weighted by atomic mass is 16.6. The molecule has 5 nitrogen and oxygen atoms in total. The highest BCUT2D eigenvalue weighted by Crippen LogP contribution is 2.60. The smallest absolute Gasteiger partial charge is 0.417 e. The van der Waals surface area contributed by atoms with Crippen molar-refractivity contribution in [2.24, 2.45) is 5.41 Å². The van der Waals surface area contributed by atoms with Gasteiger partial charge in [-0.05, 0) is 17.0 Å². The minimum Gasteiger partial charge on any atom is -0.452 e. The Hall–Kier alpha value is -2.30. The Morgan fingerprint density at radius 1 is 1.50 bits per heavy atom. The predicted octanol–water partition coefficient (Wildman–Crippen LogP) is 3.00. The van der Waals surface area contributed by atoms with Gasteiger partial charge in [0, 0.05) is 0 Å². The summed E-state index contributed by atoms with van der Waals surface area (Å²) in [5, 5.41) is 0. The van der Waals surface area contributed by atoms with Gasteiger partial charge in [-0.2, -0.15) is 0 Å². The fourth-order valence-electron chi connectivity index (χ4n) is 3.64. The van der Waals surface area contributed by atoms with Crippen molar-refractivity contribution in [2.75, 3.05) is 12.0 Å². The number of fused-ring (bicyclic) bond motifs is 3. The van der Waals surface area contributed by atoms with Crippen molar-refractivity contribution < 1.29 is 19.1 Å².